The summed E-state index contributed by atoms with van der Waals surface area (Å²) in [5.74, 6) is 0.437. The van der Waals surface area contributed by atoms with E-state index in [0.717, 1.165) is 0 Å². The van der Waals surface area contributed by atoms with Crippen molar-refractivity contribution < 1.29 is 18.5 Å². The first-order valence-electron chi connectivity index (χ1n) is 9.40. The molecule has 2 amide bonds. The summed E-state index contributed by atoms with van der Waals surface area (Å²) >= 11 is 0. The molecule has 0 saturated carbocycles. The predicted octanol–water partition coefficient (Wildman–Crippen LogP) is 1.92. The highest BCUT2D eigenvalue weighted by Gasteiger charge is 2.42. The molecule has 1 aromatic heterocycles. The van der Waals surface area contributed by atoms with Gasteiger partial charge >= 0.3 is 0 Å². The largest absolute Gasteiger partial charge is 0.371 e. The van der Waals surface area contributed by atoms with E-state index in [2.05, 4.69) is 4.36 Å². The van der Waals surface area contributed by atoms with Crippen LogP contribution in [0.4, 0.5) is 0 Å². The van der Waals surface area contributed by atoms with Crippen molar-refractivity contribution in [3.05, 3.63) is 24.5 Å². The van der Waals surface area contributed by atoms with E-state index in [1.165, 1.54) is 0 Å². The van der Waals surface area contributed by atoms with Crippen LogP contribution in [0.2, 0.25) is 0 Å². The van der Waals surface area contributed by atoms with Gasteiger partial charge in [0.05, 0.1) is 21.9 Å². The van der Waals surface area contributed by atoms with Gasteiger partial charge < -0.3 is 14.2 Å². The summed E-state index contributed by atoms with van der Waals surface area (Å²) in [5, 5.41) is 0. The zero-order chi connectivity index (χ0) is 19.7. The summed E-state index contributed by atoms with van der Waals surface area (Å²) in [6.07, 6.45) is 4.86. The summed E-state index contributed by atoms with van der Waals surface area (Å²) in [4.78, 5) is 26.6. The quantitative estimate of drug-likeness (QED) is 0.766. The Morgan fingerprint density at radius 1 is 1.19 bits per heavy atom. The molecule has 2 saturated heterocycles. The Morgan fingerprint density at radius 3 is 2.41 bits per heavy atom. The monoisotopic (exact) mass is 395 g/mol. The third-order valence-corrected chi connectivity index (χ3v) is 7.41. The van der Waals surface area contributed by atoms with E-state index in [1.54, 1.807) is 20.8 Å². The minimum Gasteiger partial charge on any atom is -0.371 e. The predicted molar refractivity (Wildman–Crippen MR) is 104 cm³/mol. The van der Waals surface area contributed by atoms with Crippen molar-refractivity contribution in [2.75, 3.05) is 31.2 Å². The SMILES string of the molecule is CC(C)(C)C(=O)N=S1(=O)CCC2(CC1)CN(C(=O)Cn1cccc1)CCO2. The first-order chi connectivity index (χ1) is 12.6. The van der Waals surface area contributed by atoms with E-state index in [4.69, 9.17) is 4.74 Å². The van der Waals surface area contributed by atoms with Crippen LogP contribution in [0.5, 0.6) is 0 Å². The number of morpholine rings is 1. The number of carbonyl (C=O) groups is 2. The summed E-state index contributed by atoms with van der Waals surface area (Å²) in [6, 6.07) is 3.79. The van der Waals surface area contributed by atoms with Gasteiger partial charge in [0, 0.05) is 42.4 Å². The van der Waals surface area contributed by atoms with Gasteiger partial charge in [-0.1, -0.05) is 20.8 Å². The van der Waals surface area contributed by atoms with Crippen molar-refractivity contribution in [2.24, 2.45) is 9.78 Å². The molecule has 0 aliphatic carbocycles. The Bertz CT molecular complexity index is 803. The molecule has 8 heteroatoms. The van der Waals surface area contributed by atoms with Crippen LogP contribution in [0.25, 0.3) is 0 Å². The Kier molecular flexibility index (Phi) is 5.49. The van der Waals surface area contributed by atoms with Gasteiger partial charge in [-0.05, 0) is 25.0 Å². The minimum absolute atomic E-state index is 0.0628. The van der Waals surface area contributed by atoms with E-state index >= 15 is 0 Å². The summed E-state index contributed by atoms with van der Waals surface area (Å²) in [6.45, 7) is 7.23. The van der Waals surface area contributed by atoms with E-state index in [0.29, 0.717) is 50.6 Å². The third kappa shape index (κ3) is 4.79. The maximum atomic E-state index is 13.0. The van der Waals surface area contributed by atoms with Gasteiger partial charge in [-0.25, -0.2) is 4.21 Å². The lowest BCUT2D eigenvalue weighted by molar-refractivity contribution is -0.152. The smallest absolute Gasteiger partial charge is 0.259 e. The Balaban J connectivity index is 1.65. The summed E-state index contributed by atoms with van der Waals surface area (Å²) in [5.41, 5.74) is -1.09. The molecule has 3 rings (SSSR count). The fourth-order valence-electron chi connectivity index (χ4n) is 3.39. The fourth-order valence-corrected chi connectivity index (χ4v) is 5.73. The molecule has 150 valence electrons. The van der Waals surface area contributed by atoms with Crippen LogP contribution in [0.3, 0.4) is 0 Å². The molecule has 0 N–H and O–H groups in total. The molecule has 7 nitrogen and oxygen atoms in total. The maximum Gasteiger partial charge on any atom is 0.259 e. The topological polar surface area (TPSA) is 81.0 Å². The molecule has 1 aromatic rings. The average Bonchev–Trinajstić information content (AvgIpc) is 3.10. The Labute approximate surface area is 161 Å². The van der Waals surface area contributed by atoms with Crippen LogP contribution >= 0.6 is 0 Å². The minimum atomic E-state index is -2.54. The van der Waals surface area contributed by atoms with E-state index in [1.807, 2.05) is 34.0 Å². The number of hydrogen-bond acceptors (Lipinski definition) is 4. The number of nitrogens with zero attached hydrogens (tertiary/aromatic N) is 3. The van der Waals surface area contributed by atoms with Crippen LogP contribution in [0.1, 0.15) is 33.6 Å². The van der Waals surface area contributed by atoms with Gasteiger partial charge in [0.1, 0.15) is 6.54 Å². The highest BCUT2D eigenvalue weighted by atomic mass is 32.2. The molecular formula is C19H29N3O4S. The van der Waals surface area contributed by atoms with E-state index in [9.17, 15) is 13.8 Å². The average molecular weight is 396 g/mol. The number of amides is 2. The van der Waals surface area contributed by atoms with Crippen LogP contribution in [-0.2, 0) is 30.6 Å². The second kappa shape index (κ2) is 7.39. The first kappa shape index (κ1) is 20.1. The van der Waals surface area contributed by atoms with Crippen LogP contribution in [-0.4, -0.2) is 62.3 Å². The molecule has 2 fully saturated rings. The van der Waals surface area contributed by atoms with Gasteiger partial charge in [-0.15, -0.1) is 0 Å². The molecular weight excluding hydrogens is 366 g/mol. The van der Waals surface area contributed by atoms with Gasteiger partial charge in [0.15, 0.2) is 0 Å². The van der Waals surface area contributed by atoms with E-state index < -0.39 is 20.7 Å². The highest BCUT2D eigenvalue weighted by Crippen LogP contribution is 2.32. The van der Waals surface area contributed by atoms with Gasteiger partial charge in [-0.2, -0.15) is 4.36 Å². The van der Waals surface area contributed by atoms with E-state index in [-0.39, 0.29) is 11.8 Å². The second-order valence-electron chi connectivity index (χ2n) is 8.53. The van der Waals surface area contributed by atoms with Crippen molar-refractivity contribution in [1.82, 2.24) is 9.47 Å². The maximum absolute atomic E-state index is 13.0. The number of rotatable bonds is 2. The number of aromatic nitrogens is 1. The lowest BCUT2D eigenvalue weighted by atomic mass is 9.94. The van der Waals surface area contributed by atoms with Crippen molar-refractivity contribution in [2.45, 2.75) is 45.8 Å². The molecule has 27 heavy (non-hydrogen) atoms. The molecule has 1 spiro atoms. The van der Waals surface area contributed by atoms with Gasteiger partial charge in [-0.3, -0.25) is 9.59 Å². The summed E-state index contributed by atoms with van der Waals surface area (Å²) < 4.78 is 25.0. The third-order valence-electron chi connectivity index (χ3n) is 5.23. The van der Waals surface area contributed by atoms with Crippen LogP contribution < -0.4 is 0 Å². The lowest BCUT2D eigenvalue weighted by Gasteiger charge is -2.45. The van der Waals surface area contributed by atoms with Crippen molar-refractivity contribution in [3.63, 3.8) is 0 Å². The van der Waals surface area contributed by atoms with Crippen molar-refractivity contribution >= 4 is 21.5 Å². The molecule has 2 aliphatic rings. The number of hydrogen-bond donors (Lipinski definition) is 0. The molecule has 0 bridgehead atoms. The molecule has 2 aliphatic heterocycles. The molecule has 0 radical (unpaired) electrons. The number of carbonyl (C=O) groups excluding carboxylic acids is 2. The highest BCUT2D eigenvalue weighted by molar-refractivity contribution is 7.93. The Morgan fingerprint density at radius 2 is 1.81 bits per heavy atom. The second-order valence-corrected chi connectivity index (χ2v) is 11.1. The molecule has 3 heterocycles. The molecule has 0 atom stereocenters. The van der Waals surface area contributed by atoms with Crippen LogP contribution in [0, 0.1) is 5.41 Å². The first-order valence-corrected chi connectivity index (χ1v) is 11.3. The zero-order valence-electron chi connectivity index (χ0n) is 16.3. The normalized spacial score (nSPS) is 28.9. The fraction of sp³-hybridized carbons (Fsp3) is 0.684. The van der Waals surface area contributed by atoms with Gasteiger partial charge in [0.25, 0.3) is 5.91 Å². The number of ether oxygens (including phenoxy) is 1. The zero-order valence-corrected chi connectivity index (χ0v) is 17.2. The molecule has 0 unspecified atom stereocenters. The lowest BCUT2D eigenvalue weighted by Crippen LogP contribution is -2.57. The van der Waals surface area contributed by atoms with Crippen molar-refractivity contribution in [1.29, 1.82) is 0 Å². The van der Waals surface area contributed by atoms with Crippen molar-refractivity contribution in [3.8, 4) is 0 Å². The Hall–Kier alpha value is -1.67. The molecule has 0 aromatic carbocycles. The summed E-state index contributed by atoms with van der Waals surface area (Å²) in [7, 11) is -2.54. The van der Waals surface area contributed by atoms with Crippen LogP contribution in [0.15, 0.2) is 28.9 Å². The standard InChI is InChI=1S/C19H29N3O4S/c1-18(2,3)17(24)20-27(25)12-6-19(7-13-27)15-22(10-11-26-19)16(23)14-21-8-4-5-9-21/h4-5,8-9H,6-7,10-15H2,1-3H3. The van der Waals surface area contributed by atoms with Gasteiger partial charge in [0.2, 0.25) is 5.91 Å².